The quantitative estimate of drug-likeness (QED) is 0.780. The van der Waals surface area contributed by atoms with Gasteiger partial charge in [0.25, 0.3) is 0 Å². The lowest BCUT2D eigenvalue weighted by Crippen LogP contribution is -2.43. The van der Waals surface area contributed by atoms with Crippen LogP contribution in [0.2, 0.25) is 0 Å². The number of hydrogen-bond donors (Lipinski definition) is 1. The van der Waals surface area contributed by atoms with E-state index in [1.54, 1.807) is 7.11 Å². The van der Waals surface area contributed by atoms with E-state index in [9.17, 15) is 0 Å². The van der Waals surface area contributed by atoms with Crippen LogP contribution in [0, 0.1) is 0 Å². The van der Waals surface area contributed by atoms with Crippen molar-refractivity contribution in [2.75, 3.05) is 26.0 Å². The topological polar surface area (TPSA) is 47.7 Å². The molecule has 1 aromatic carbocycles. The third kappa shape index (κ3) is 4.54. The molecule has 0 bridgehead atoms. The predicted octanol–water partition coefficient (Wildman–Crippen LogP) is 3.70. The highest BCUT2D eigenvalue weighted by atomic mass is 16.5. The summed E-state index contributed by atoms with van der Waals surface area (Å²) in [6.45, 7) is 6.15. The first-order valence-electron chi connectivity index (χ1n) is 8.44. The monoisotopic (exact) mass is 306 g/mol. The number of hydrogen-bond acceptors (Lipinski definition) is 4. The van der Waals surface area contributed by atoms with Crippen molar-refractivity contribution in [1.29, 1.82) is 0 Å². The highest BCUT2D eigenvalue weighted by molar-refractivity contribution is 5.51. The molecule has 22 heavy (non-hydrogen) atoms. The van der Waals surface area contributed by atoms with E-state index in [0.717, 1.165) is 18.0 Å². The maximum Gasteiger partial charge on any atom is 0.163 e. The molecule has 124 valence electrons. The molecule has 1 aromatic rings. The Morgan fingerprint density at radius 3 is 2.55 bits per heavy atom. The normalized spacial score (nSPS) is 16.2. The second kappa shape index (κ2) is 8.28. The highest BCUT2D eigenvalue weighted by Gasteiger charge is 2.23. The Labute approximate surface area is 134 Å². The Morgan fingerprint density at radius 2 is 1.91 bits per heavy atom. The zero-order valence-electron chi connectivity index (χ0n) is 14.2. The highest BCUT2D eigenvalue weighted by Crippen LogP contribution is 2.29. The molecule has 0 spiro atoms. The molecule has 0 heterocycles. The largest absolute Gasteiger partial charge is 0.493 e. The minimum atomic E-state index is 0.550. The van der Waals surface area contributed by atoms with Crippen LogP contribution in [-0.4, -0.2) is 37.2 Å². The van der Waals surface area contributed by atoms with Gasteiger partial charge in [-0.2, -0.15) is 0 Å². The summed E-state index contributed by atoms with van der Waals surface area (Å²) in [5.74, 6) is 1.47. The summed E-state index contributed by atoms with van der Waals surface area (Å²) in [7, 11) is 1.65. The van der Waals surface area contributed by atoms with Gasteiger partial charge in [-0.15, -0.1) is 0 Å². The van der Waals surface area contributed by atoms with Crippen LogP contribution in [0.4, 0.5) is 5.69 Å². The molecule has 0 saturated heterocycles. The molecular formula is C18H30N2O2. The molecule has 4 heteroatoms. The smallest absolute Gasteiger partial charge is 0.163 e. The van der Waals surface area contributed by atoms with Gasteiger partial charge in [-0.05, 0) is 38.8 Å². The van der Waals surface area contributed by atoms with Gasteiger partial charge < -0.3 is 15.2 Å². The number of ether oxygens (including phenoxy) is 2. The molecule has 0 atom stereocenters. The van der Waals surface area contributed by atoms with Crippen molar-refractivity contribution in [2.45, 2.75) is 58.0 Å². The van der Waals surface area contributed by atoms with Crippen LogP contribution in [0.1, 0.15) is 46.0 Å². The molecule has 1 saturated carbocycles. The fraction of sp³-hybridized carbons (Fsp3) is 0.667. The fourth-order valence-corrected chi connectivity index (χ4v) is 3.34. The first-order valence-corrected chi connectivity index (χ1v) is 8.44. The zero-order valence-corrected chi connectivity index (χ0v) is 14.2. The molecule has 1 aliphatic carbocycles. The van der Waals surface area contributed by atoms with Crippen LogP contribution in [0.3, 0.4) is 0 Å². The van der Waals surface area contributed by atoms with Crippen molar-refractivity contribution in [3.05, 3.63) is 18.2 Å². The molecule has 0 unspecified atom stereocenters. The zero-order chi connectivity index (χ0) is 15.9. The minimum Gasteiger partial charge on any atom is -0.493 e. The Kier molecular flexibility index (Phi) is 6.37. The second-order valence-corrected chi connectivity index (χ2v) is 6.38. The molecular weight excluding hydrogens is 276 g/mol. The van der Waals surface area contributed by atoms with Gasteiger partial charge in [0.15, 0.2) is 11.5 Å². The maximum absolute atomic E-state index is 5.93. The molecule has 2 rings (SSSR count). The number of nitrogens with zero attached hydrogens (tertiary/aromatic N) is 1. The van der Waals surface area contributed by atoms with Crippen LogP contribution >= 0.6 is 0 Å². The van der Waals surface area contributed by atoms with Gasteiger partial charge in [0.1, 0.15) is 6.61 Å². The van der Waals surface area contributed by atoms with E-state index in [1.807, 2.05) is 18.2 Å². The van der Waals surface area contributed by atoms with E-state index < -0.39 is 0 Å². The fourth-order valence-electron chi connectivity index (χ4n) is 3.34. The van der Waals surface area contributed by atoms with Gasteiger partial charge in [0.2, 0.25) is 0 Å². The molecule has 4 nitrogen and oxygen atoms in total. The SMILES string of the molecule is COc1ccc(N)cc1OCCN(C(C)C)C1CCCCC1. The Balaban J connectivity index is 1.91. The lowest BCUT2D eigenvalue weighted by atomic mass is 9.93. The molecule has 2 N–H and O–H groups in total. The van der Waals surface area contributed by atoms with Crippen LogP contribution in [0.15, 0.2) is 18.2 Å². The maximum atomic E-state index is 5.93. The summed E-state index contributed by atoms with van der Waals surface area (Å²) >= 11 is 0. The van der Waals surface area contributed by atoms with Gasteiger partial charge in [-0.3, -0.25) is 4.90 Å². The summed E-state index contributed by atoms with van der Waals surface area (Å²) in [5.41, 5.74) is 6.53. The van der Waals surface area contributed by atoms with E-state index >= 15 is 0 Å². The van der Waals surface area contributed by atoms with Gasteiger partial charge >= 0.3 is 0 Å². The lowest BCUT2D eigenvalue weighted by Gasteiger charge is -2.37. The summed E-state index contributed by atoms with van der Waals surface area (Å²) < 4.78 is 11.3. The molecule has 0 aliphatic heterocycles. The van der Waals surface area contributed by atoms with Crippen molar-refractivity contribution in [2.24, 2.45) is 0 Å². The van der Waals surface area contributed by atoms with Crippen molar-refractivity contribution in [3.8, 4) is 11.5 Å². The van der Waals surface area contributed by atoms with Gasteiger partial charge in [-0.25, -0.2) is 0 Å². The summed E-state index contributed by atoms with van der Waals surface area (Å²) in [6, 6.07) is 6.77. The number of nitrogens with two attached hydrogens (primary N) is 1. The number of anilines is 1. The first kappa shape index (κ1) is 16.9. The number of methoxy groups -OCH3 is 1. The molecule has 0 radical (unpaired) electrons. The van der Waals surface area contributed by atoms with Crippen LogP contribution in [0.25, 0.3) is 0 Å². The van der Waals surface area contributed by atoms with E-state index in [-0.39, 0.29) is 0 Å². The summed E-state index contributed by atoms with van der Waals surface area (Å²) in [4.78, 5) is 2.58. The van der Waals surface area contributed by atoms with E-state index in [4.69, 9.17) is 15.2 Å². The summed E-state index contributed by atoms with van der Waals surface area (Å²) in [5, 5.41) is 0. The molecule has 0 aromatic heterocycles. The average molecular weight is 306 g/mol. The predicted molar refractivity (Wildman–Crippen MR) is 91.6 cm³/mol. The van der Waals surface area contributed by atoms with Crippen LogP contribution in [0.5, 0.6) is 11.5 Å². The molecule has 1 aliphatic rings. The number of nitrogen functional groups attached to an aromatic ring is 1. The van der Waals surface area contributed by atoms with E-state index in [2.05, 4.69) is 18.7 Å². The van der Waals surface area contributed by atoms with Crippen molar-refractivity contribution >= 4 is 5.69 Å². The van der Waals surface area contributed by atoms with Crippen LogP contribution < -0.4 is 15.2 Å². The number of benzene rings is 1. The Hall–Kier alpha value is -1.42. The Bertz CT molecular complexity index is 456. The molecule has 1 fully saturated rings. The molecule has 0 amide bonds. The first-order chi connectivity index (χ1) is 10.6. The van der Waals surface area contributed by atoms with Gasteiger partial charge in [-0.1, -0.05) is 19.3 Å². The second-order valence-electron chi connectivity index (χ2n) is 6.38. The van der Waals surface area contributed by atoms with E-state index in [1.165, 1.54) is 32.1 Å². The van der Waals surface area contributed by atoms with E-state index in [0.29, 0.717) is 24.4 Å². The number of rotatable bonds is 7. The lowest BCUT2D eigenvalue weighted by molar-refractivity contribution is 0.0991. The average Bonchev–Trinajstić information content (AvgIpc) is 2.52. The summed E-state index contributed by atoms with van der Waals surface area (Å²) in [6.07, 6.45) is 6.74. The van der Waals surface area contributed by atoms with Gasteiger partial charge in [0.05, 0.1) is 7.11 Å². The van der Waals surface area contributed by atoms with Gasteiger partial charge in [0, 0.05) is 30.4 Å². The third-order valence-electron chi connectivity index (χ3n) is 4.50. The van der Waals surface area contributed by atoms with Crippen LogP contribution in [-0.2, 0) is 0 Å². The van der Waals surface area contributed by atoms with Crippen molar-refractivity contribution in [1.82, 2.24) is 4.90 Å². The van der Waals surface area contributed by atoms with Crippen molar-refractivity contribution < 1.29 is 9.47 Å². The van der Waals surface area contributed by atoms with Crippen molar-refractivity contribution in [3.63, 3.8) is 0 Å². The standard InChI is InChI=1S/C18H30N2O2/c1-14(2)20(16-7-5-4-6-8-16)11-12-22-18-13-15(19)9-10-17(18)21-3/h9-10,13-14,16H,4-8,11-12,19H2,1-3H3. The Morgan fingerprint density at radius 1 is 1.18 bits per heavy atom. The minimum absolute atomic E-state index is 0.550. The third-order valence-corrected chi connectivity index (χ3v) is 4.50.